The number of carbonyl (C=O) groups is 5. The van der Waals surface area contributed by atoms with E-state index in [4.69, 9.17) is 9.84 Å². The number of nitrogens with one attached hydrogen (secondary N) is 2. The van der Waals surface area contributed by atoms with Crippen LogP contribution in [0, 0.1) is 0 Å². The van der Waals surface area contributed by atoms with Crippen molar-refractivity contribution >= 4 is 29.6 Å². The fourth-order valence-corrected chi connectivity index (χ4v) is 3.85. The Morgan fingerprint density at radius 3 is 2.58 bits per heavy atom. The fraction of sp³-hybridized carbons (Fsp3) is 0.261. The van der Waals surface area contributed by atoms with Crippen LogP contribution >= 0.6 is 0 Å². The largest absolute Gasteiger partial charge is 0.483 e. The average molecular weight is 451 g/mol. The van der Waals surface area contributed by atoms with Crippen LogP contribution in [-0.2, 0) is 27.5 Å². The quantitative estimate of drug-likeness (QED) is 0.530. The highest BCUT2D eigenvalue weighted by atomic mass is 16.5. The van der Waals surface area contributed by atoms with Crippen LogP contribution in [0.4, 0.5) is 0 Å². The molecule has 170 valence electrons. The molecule has 0 aliphatic carbocycles. The van der Waals surface area contributed by atoms with Gasteiger partial charge in [-0.15, -0.1) is 0 Å². The highest BCUT2D eigenvalue weighted by Gasteiger charge is 2.40. The van der Waals surface area contributed by atoms with Crippen LogP contribution in [0.1, 0.15) is 44.7 Å². The van der Waals surface area contributed by atoms with E-state index in [0.29, 0.717) is 16.9 Å². The first-order chi connectivity index (χ1) is 15.8. The normalized spacial score (nSPS) is 17.4. The van der Waals surface area contributed by atoms with E-state index >= 15 is 0 Å². The summed E-state index contributed by atoms with van der Waals surface area (Å²) in [7, 11) is 0. The summed E-state index contributed by atoms with van der Waals surface area (Å²) in [5.74, 6) is -2.21. The summed E-state index contributed by atoms with van der Waals surface area (Å²) in [6.07, 6.45) is 0.426. The molecule has 33 heavy (non-hydrogen) atoms. The van der Waals surface area contributed by atoms with Crippen molar-refractivity contribution in [3.05, 3.63) is 64.7 Å². The highest BCUT2D eigenvalue weighted by molar-refractivity contribution is 6.05. The molecule has 1 unspecified atom stereocenters. The van der Waals surface area contributed by atoms with Crippen molar-refractivity contribution in [2.45, 2.75) is 32.0 Å². The lowest BCUT2D eigenvalue weighted by atomic mass is 10.0. The summed E-state index contributed by atoms with van der Waals surface area (Å²) < 4.78 is 5.65. The first kappa shape index (κ1) is 22.0. The summed E-state index contributed by atoms with van der Waals surface area (Å²) >= 11 is 0. The molecule has 10 nitrogen and oxygen atoms in total. The van der Waals surface area contributed by atoms with E-state index in [1.165, 1.54) is 17.0 Å². The predicted octanol–water partition coefficient (Wildman–Crippen LogP) is 0.841. The van der Waals surface area contributed by atoms with Gasteiger partial charge < -0.3 is 20.1 Å². The van der Waals surface area contributed by atoms with Crippen molar-refractivity contribution in [3.8, 4) is 5.75 Å². The minimum Gasteiger partial charge on any atom is -0.483 e. The number of amides is 4. The number of carboxylic acid groups (broad SMARTS) is 1. The van der Waals surface area contributed by atoms with Gasteiger partial charge in [0.2, 0.25) is 11.8 Å². The van der Waals surface area contributed by atoms with E-state index in [9.17, 15) is 24.0 Å². The lowest BCUT2D eigenvalue weighted by molar-refractivity contribution is -0.137. The first-order valence-electron chi connectivity index (χ1n) is 10.3. The number of rotatable bonds is 7. The van der Waals surface area contributed by atoms with Crippen molar-refractivity contribution in [2.75, 3.05) is 6.61 Å². The number of fused-ring (bicyclic) bond motifs is 1. The third kappa shape index (κ3) is 4.69. The molecule has 1 atom stereocenters. The van der Waals surface area contributed by atoms with Crippen LogP contribution in [0.15, 0.2) is 42.5 Å². The van der Waals surface area contributed by atoms with Gasteiger partial charge in [-0.2, -0.15) is 0 Å². The molecule has 4 rings (SSSR count). The molecule has 1 fully saturated rings. The third-order valence-electron chi connectivity index (χ3n) is 5.59. The Balaban J connectivity index is 1.35. The van der Waals surface area contributed by atoms with Gasteiger partial charge in [-0.3, -0.25) is 24.5 Å². The van der Waals surface area contributed by atoms with Crippen molar-refractivity contribution in [1.82, 2.24) is 15.5 Å². The molecule has 2 aromatic rings. The fourth-order valence-electron chi connectivity index (χ4n) is 3.85. The van der Waals surface area contributed by atoms with Crippen molar-refractivity contribution < 1.29 is 33.8 Å². The summed E-state index contributed by atoms with van der Waals surface area (Å²) in [5.41, 5.74) is 1.88. The van der Waals surface area contributed by atoms with Gasteiger partial charge in [0.05, 0.1) is 12.1 Å². The molecule has 0 radical (unpaired) electrons. The molecule has 3 N–H and O–H groups in total. The van der Waals surface area contributed by atoms with Gasteiger partial charge >= 0.3 is 5.97 Å². The number of nitrogens with zero attached hydrogens (tertiary/aromatic N) is 1. The van der Waals surface area contributed by atoms with Gasteiger partial charge in [0.1, 0.15) is 11.8 Å². The van der Waals surface area contributed by atoms with Crippen LogP contribution < -0.4 is 15.4 Å². The van der Waals surface area contributed by atoms with Crippen LogP contribution in [0.2, 0.25) is 0 Å². The standard InChI is InChI=1S/C23H21N3O7/c27-19-9-8-17(21(29)25-19)26-11-16-15(22(26)30)2-1-3-18(16)33-12-20(28)24-10-13-4-6-14(7-5-13)23(31)32/h1-7,17H,8-12H2,(H,24,28)(H,31,32)(H,25,27,29). The van der Waals surface area contributed by atoms with Gasteiger partial charge in [0, 0.05) is 24.1 Å². The third-order valence-corrected chi connectivity index (χ3v) is 5.59. The average Bonchev–Trinajstić information content (AvgIpc) is 3.13. The maximum absolute atomic E-state index is 12.8. The number of hydrogen-bond acceptors (Lipinski definition) is 6. The molecule has 0 saturated carbocycles. The lowest BCUT2D eigenvalue weighted by Gasteiger charge is -2.29. The number of ether oxygens (including phenoxy) is 1. The van der Waals surface area contributed by atoms with E-state index in [2.05, 4.69) is 10.6 Å². The zero-order chi connectivity index (χ0) is 23.5. The Morgan fingerprint density at radius 2 is 1.88 bits per heavy atom. The summed E-state index contributed by atoms with van der Waals surface area (Å²) in [6, 6.07) is 10.3. The minimum atomic E-state index is -1.02. The number of benzene rings is 2. The molecule has 2 heterocycles. The van der Waals surface area contributed by atoms with Gasteiger partial charge in [0.25, 0.3) is 11.8 Å². The summed E-state index contributed by atoms with van der Waals surface area (Å²) in [5, 5.41) is 13.9. The lowest BCUT2D eigenvalue weighted by Crippen LogP contribution is -2.52. The molecular formula is C23H21N3O7. The minimum absolute atomic E-state index is 0.147. The zero-order valence-corrected chi connectivity index (χ0v) is 17.5. The first-order valence-corrected chi connectivity index (χ1v) is 10.3. The summed E-state index contributed by atoms with van der Waals surface area (Å²) in [6.45, 7) is 0.0706. The highest BCUT2D eigenvalue weighted by Crippen LogP contribution is 2.33. The van der Waals surface area contributed by atoms with Gasteiger partial charge in [-0.25, -0.2) is 4.79 Å². The molecular weight excluding hydrogens is 430 g/mol. The van der Waals surface area contributed by atoms with Crippen LogP contribution in [0.5, 0.6) is 5.75 Å². The molecule has 0 aromatic heterocycles. The number of carboxylic acids is 1. The smallest absolute Gasteiger partial charge is 0.335 e. The zero-order valence-electron chi connectivity index (χ0n) is 17.5. The molecule has 10 heteroatoms. The molecule has 2 aliphatic heterocycles. The Morgan fingerprint density at radius 1 is 1.12 bits per heavy atom. The Hall–Kier alpha value is -4.21. The number of imide groups is 1. The molecule has 1 saturated heterocycles. The molecule has 0 bridgehead atoms. The van der Waals surface area contributed by atoms with Crippen LogP contribution in [0.3, 0.4) is 0 Å². The summed E-state index contributed by atoms with van der Waals surface area (Å²) in [4.78, 5) is 61.0. The maximum atomic E-state index is 12.8. The van der Waals surface area contributed by atoms with Crippen LogP contribution in [0.25, 0.3) is 0 Å². The van der Waals surface area contributed by atoms with E-state index in [1.807, 2.05) is 0 Å². The number of piperidine rings is 1. The second-order valence-corrected chi connectivity index (χ2v) is 7.75. The van der Waals surface area contributed by atoms with E-state index < -0.39 is 17.9 Å². The topological polar surface area (TPSA) is 142 Å². The number of aromatic carboxylic acids is 1. The number of carbonyl (C=O) groups excluding carboxylic acids is 4. The predicted molar refractivity (Wildman–Crippen MR) is 113 cm³/mol. The molecule has 2 aromatic carbocycles. The molecule has 2 aliphatic rings. The van der Waals surface area contributed by atoms with Gasteiger partial charge in [-0.1, -0.05) is 18.2 Å². The second-order valence-electron chi connectivity index (χ2n) is 7.75. The van der Waals surface area contributed by atoms with Crippen molar-refractivity contribution in [1.29, 1.82) is 0 Å². The molecule has 0 spiro atoms. The second kappa shape index (κ2) is 9.11. The van der Waals surface area contributed by atoms with Crippen molar-refractivity contribution in [3.63, 3.8) is 0 Å². The molecule has 4 amide bonds. The van der Waals surface area contributed by atoms with E-state index in [1.54, 1.807) is 30.3 Å². The van der Waals surface area contributed by atoms with Crippen LogP contribution in [-0.4, -0.2) is 52.3 Å². The number of hydrogen-bond donors (Lipinski definition) is 3. The Bertz CT molecular complexity index is 1140. The van der Waals surface area contributed by atoms with E-state index in [0.717, 1.165) is 5.56 Å². The van der Waals surface area contributed by atoms with Gasteiger partial charge in [0.15, 0.2) is 6.61 Å². The maximum Gasteiger partial charge on any atom is 0.335 e. The Kier molecular flexibility index (Phi) is 6.07. The monoisotopic (exact) mass is 451 g/mol. The van der Waals surface area contributed by atoms with Gasteiger partial charge in [-0.05, 0) is 36.2 Å². The van der Waals surface area contributed by atoms with Crippen molar-refractivity contribution in [2.24, 2.45) is 0 Å². The Labute approximate surface area is 188 Å². The SMILES string of the molecule is O=C(COc1cccc2c1CN(C1CCC(=O)NC1=O)C2=O)NCc1ccc(C(=O)O)cc1. The van der Waals surface area contributed by atoms with E-state index in [-0.39, 0.29) is 55.8 Å².